The van der Waals surface area contributed by atoms with Gasteiger partial charge in [-0.05, 0) is 18.4 Å². The van der Waals surface area contributed by atoms with Gasteiger partial charge in [0.15, 0.2) is 0 Å². The first-order valence-electron chi connectivity index (χ1n) is 8.72. The Kier molecular flexibility index (Phi) is 5.64. The molecule has 1 saturated heterocycles. The molecule has 1 aliphatic heterocycles. The van der Waals surface area contributed by atoms with Crippen molar-refractivity contribution in [3.8, 4) is 0 Å². The predicted molar refractivity (Wildman–Crippen MR) is 94.2 cm³/mol. The van der Waals surface area contributed by atoms with Crippen LogP contribution in [0.1, 0.15) is 18.4 Å². The zero-order valence-corrected chi connectivity index (χ0v) is 14.0. The van der Waals surface area contributed by atoms with E-state index in [1.165, 1.54) is 5.56 Å². The summed E-state index contributed by atoms with van der Waals surface area (Å²) in [7, 11) is 0. The molecule has 0 unspecified atom stereocenters. The number of carbonyl (C=O) groups is 2. The third-order valence-corrected chi connectivity index (χ3v) is 4.56. The van der Waals surface area contributed by atoms with Gasteiger partial charge in [-0.1, -0.05) is 42.5 Å². The van der Waals surface area contributed by atoms with E-state index < -0.39 is 0 Å². The summed E-state index contributed by atoms with van der Waals surface area (Å²) in [6.45, 7) is 4.26. The van der Waals surface area contributed by atoms with Gasteiger partial charge in [0.1, 0.15) is 0 Å². The van der Waals surface area contributed by atoms with Gasteiger partial charge in [-0.25, -0.2) is 0 Å². The second-order valence-corrected chi connectivity index (χ2v) is 6.49. The third kappa shape index (κ3) is 4.93. The van der Waals surface area contributed by atoms with Crippen molar-refractivity contribution < 1.29 is 9.59 Å². The van der Waals surface area contributed by atoms with E-state index in [-0.39, 0.29) is 24.3 Å². The topological polar surface area (TPSA) is 52.7 Å². The van der Waals surface area contributed by atoms with Crippen LogP contribution in [-0.2, 0) is 9.59 Å². The minimum Gasteiger partial charge on any atom is -0.347 e. The summed E-state index contributed by atoms with van der Waals surface area (Å²) >= 11 is 0. The van der Waals surface area contributed by atoms with Crippen molar-refractivity contribution in [2.45, 2.75) is 12.8 Å². The zero-order valence-electron chi connectivity index (χ0n) is 14.0. The number of hydrogen-bond donors (Lipinski definition) is 1. The maximum atomic E-state index is 12.1. The van der Waals surface area contributed by atoms with Crippen molar-refractivity contribution in [2.24, 2.45) is 5.92 Å². The summed E-state index contributed by atoms with van der Waals surface area (Å²) in [5, 5.41) is 2.75. The predicted octanol–water partition coefficient (Wildman–Crippen LogP) is 1.37. The third-order valence-electron chi connectivity index (χ3n) is 4.56. The number of benzene rings is 1. The highest BCUT2D eigenvalue weighted by Crippen LogP contribution is 2.28. The SMILES string of the molecule is O=C(NCC(=O)N1CCN(C/C=C/c2ccccc2)CC1)C1CC1. The van der Waals surface area contributed by atoms with Crippen molar-refractivity contribution in [1.29, 1.82) is 0 Å². The average Bonchev–Trinajstić information content (AvgIpc) is 3.46. The molecule has 24 heavy (non-hydrogen) atoms. The Balaban J connectivity index is 1.35. The lowest BCUT2D eigenvalue weighted by atomic mass is 10.2. The molecule has 128 valence electrons. The van der Waals surface area contributed by atoms with Gasteiger partial charge in [-0.3, -0.25) is 14.5 Å². The molecule has 2 fully saturated rings. The molecule has 2 amide bonds. The zero-order chi connectivity index (χ0) is 16.8. The number of amides is 2. The molecular formula is C19H25N3O2. The lowest BCUT2D eigenvalue weighted by molar-refractivity contribution is -0.134. The van der Waals surface area contributed by atoms with Crippen LogP contribution >= 0.6 is 0 Å². The van der Waals surface area contributed by atoms with E-state index in [0.717, 1.165) is 45.6 Å². The monoisotopic (exact) mass is 327 g/mol. The molecule has 1 aromatic rings. The van der Waals surface area contributed by atoms with Crippen LogP contribution in [-0.4, -0.2) is 60.9 Å². The molecule has 0 atom stereocenters. The lowest BCUT2D eigenvalue weighted by Gasteiger charge is -2.34. The number of carbonyl (C=O) groups excluding carboxylic acids is 2. The van der Waals surface area contributed by atoms with Crippen molar-refractivity contribution in [3.63, 3.8) is 0 Å². The smallest absolute Gasteiger partial charge is 0.242 e. The van der Waals surface area contributed by atoms with E-state index in [4.69, 9.17) is 0 Å². The molecule has 1 aliphatic carbocycles. The minimum absolute atomic E-state index is 0.0310. The van der Waals surface area contributed by atoms with Crippen LogP contribution in [0.5, 0.6) is 0 Å². The van der Waals surface area contributed by atoms with Gasteiger partial charge in [0, 0.05) is 38.6 Å². The molecule has 0 radical (unpaired) electrons. The van der Waals surface area contributed by atoms with Crippen LogP contribution in [0.4, 0.5) is 0 Å². The van der Waals surface area contributed by atoms with E-state index in [0.29, 0.717) is 0 Å². The Bertz CT molecular complexity index is 588. The first-order chi connectivity index (χ1) is 11.7. The Morgan fingerprint density at radius 2 is 1.79 bits per heavy atom. The van der Waals surface area contributed by atoms with E-state index >= 15 is 0 Å². The fourth-order valence-corrected chi connectivity index (χ4v) is 2.85. The molecule has 1 saturated carbocycles. The van der Waals surface area contributed by atoms with Crippen LogP contribution in [0.2, 0.25) is 0 Å². The molecule has 5 heteroatoms. The van der Waals surface area contributed by atoms with E-state index in [1.54, 1.807) is 0 Å². The summed E-state index contributed by atoms with van der Waals surface area (Å²) in [4.78, 5) is 27.9. The highest BCUT2D eigenvalue weighted by Gasteiger charge is 2.30. The molecule has 0 aromatic heterocycles. The molecule has 2 aliphatic rings. The lowest BCUT2D eigenvalue weighted by Crippen LogP contribution is -2.51. The molecular weight excluding hydrogens is 302 g/mol. The second-order valence-electron chi connectivity index (χ2n) is 6.49. The summed E-state index contributed by atoms with van der Waals surface area (Å²) < 4.78 is 0. The number of rotatable bonds is 6. The summed E-state index contributed by atoms with van der Waals surface area (Å²) in [5.41, 5.74) is 1.21. The molecule has 0 bridgehead atoms. The fraction of sp³-hybridized carbons (Fsp3) is 0.474. The Labute approximate surface area is 143 Å². The summed E-state index contributed by atoms with van der Waals surface area (Å²) in [6, 6.07) is 10.3. The molecule has 1 heterocycles. The van der Waals surface area contributed by atoms with Crippen molar-refractivity contribution in [2.75, 3.05) is 39.3 Å². The molecule has 5 nitrogen and oxygen atoms in total. The van der Waals surface area contributed by atoms with E-state index in [9.17, 15) is 9.59 Å². The first kappa shape index (κ1) is 16.7. The van der Waals surface area contributed by atoms with Gasteiger partial charge < -0.3 is 10.2 Å². The normalized spacial score (nSPS) is 18.8. The van der Waals surface area contributed by atoms with Crippen LogP contribution < -0.4 is 5.32 Å². The van der Waals surface area contributed by atoms with Gasteiger partial charge in [-0.15, -0.1) is 0 Å². The average molecular weight is 327 g/mol. The summed E-state index contributed by atoms with van der Waals surface area (Å²) in [6.07, 6.45) is 6.23. The highest BCUT2D eigenvalue weighted by atomic mass is 16.2. The molecule has 1 N–H and O–H groups in total. The largest absolute Gasteiger partial charge is 0.347 e. The molecule has 0 spiro atoms. The Hall–Kier alpha value is -2.14. The van der Waals surface area contributed by atoms with E-state index in [1.807, 2.05) is 23.1 Å². The number of nitrogens with one attached hydrogen (secondary N) is 1. The van der Waals surface area contributed by atoms with E-state index in [2.05, 4.69) is 34.5 Å². The first-order valence-corrected chi connectivity index (χ1v) is 8.72. The highest BCUT2D eigenvalue weighted by molar-refractivity contribution is 5.86. The standard InChI is InChI=1S/C19H25N3O2/c23-18(15-20-19(24)17-8-9-17)22-13-11-21(12-14-22)10-4-7-16-5-2-1-3-6-16/h1-7,17H,8-15H2,(H,20,24)/b7-4+. The quantitative estimate of drug-likeness (QED) is 0.859. The molecule has 1 aromatic carbocycles. The minimum atomic E-state index is 0.0310. The molecule has 3 rings (SSSR count). The maximum absolute atomic E-state index is 12.1. The van der Waals surface area contributed by atoms with Gasteiger partial charge in [0.2, 0.25) is 11.8 Å². The van der Waals surface area contributed by atoms with Gasteiger partial charge in [0.05, 0.1) is 6.54 Å². The number of nitrogens with zero attached hydrogens (tertiary/aromatic N) is 2. The summed E-state index contributed by atoms with van der Waals surface area (Å²) in [5.74, 6) is 0.225. The second kappa shape index (κ2) is 8.11. The van der Waals surface area contributed by atoms with Crippen molar-refractivity contribution in [3.05, 3.63) is 42.0 Å². The maximum Gasteiger partial charge on any atom is 0.242 e. The van der Waals surface area contributed by atoms with Gasteiger partial charge >= 0.3 is 0 Å². The number of piperazine rings is 1. The van der Waals surface area contributed by atoms with Crippen LogP contribution in [0.3, 0.4) is 0 Å². The van der Waals surface area contributed by atoms with Crippen LogP contribution in [0, 0.1) is 5.92 Å². The number of hydrogen-bond acceptors (Lipinski definition) is 3. The Morgan fingerprint density at radius 3 is 2.46 bits per heavy atom. The van der Waals surface area contributed by atoms with Crippen LogP contribution in [0.15, 0.2) is 36.4 Å². The van der Waals surface area contributed by atoms with Crippen LogP contribution in [0.25, 0.3) is 6.08 Å². The fourth-order valence-electron chi connectivity index (χ4n) is 2.85. The Morgan fingerprint density at radius 1 is 1.08 bits per heavy atom. The van der Waals surface area contributed by atoms with Crippen molar-refractivity contribution >= 4 is 17.9 Å². The van der Waals surface area contributed by atoms with Crippen molar-refractivity contribution in [1.82, 2.24) is 15.1 Å². The van der Waals surface area contributed by atoms with Gasteiger partial charge in [0.25, 0.3) is 0 Å². The van der Waals surface area contributed by atoms with Gasteiger partial charge in [-0.2, -0.15) is 0 Å².